The molecule has 88 valence electrons. The Morgan fingerprint density at radius 3 is 2.53 bits per heavy atom. The van der Waals surface area contributed by atoms with E-state index in [9.17, 15) is 5.11 Å². The third-order valence-electron chi connectivity index (χ3n) is 2.98. The molecule has 0 radical (unpaired) electrons. The van der Waals surface area contributed by atoms with Crippen molar-refractivity contribution in [2.75, 3.05) is 0 Å². The summed E-state index contributed by atoms with van der Waals surface area (Å²) in [6, 6.07) is 4.30. The topological polar surface area (TPSA) is 32.6 Å². The van der Waals surface area contributed by atoms with Crippen molar-refractivity contribution in [2.45, 2.75) is 25.5 Å². The van der Waals surface area contributed by atoms with Crippen molar-refractivity contribution >= 4 is 6.21 Å². The van der Waals surface area contributed by atoms with E-state index in [4.69, 9.17) is 0 Å². The molecule has 2 rings (SSSR count). The Morgan fingerprint density at radius 1 is 1.24 bits per heavy atom. The van der Waals surface area contributed by atoms with E-state index >= 15 is 0 Å². The summed E-state index contributed by atoms with van der Waals surface area (Å²) in [5.74, 6) is 0. The van der Waals surface area contributed by atoms with Crippen LogP contribution in [0, 0.1) is 0 Å². The maximum absolute atomic E-state index is 9.52. The molecule has 1 aliphatic heterocycles. The lowest BCUT2D eigenvalue weighted by Crippen LogP contribution is -2.15. The minimum absolute atomic E-state index is 0.593. The SMILES string of the molecule is C=CCc1cc2c(cc1CC=C)CC(O)N=C2. The summed E-state index contributed by atoms with van der Waals surface area (Å²) in [6.45, 7) is 7.56. The van der Waals surface area contributed by atoms with E-state index in [0.717, 1.165) is 24.0 Å². The van der Waals surface area contributed by atoms with Gasteiger partial charge < -0.3 is 5.11 Å². The third-order valence-corrected chi connectivity index (χ3v) is 2.98. The number of allylic oxidation sites excluding steroid dienone is 2. The molecule has 2 heteroatoms. The highest BCUT2D eigenvalue weighted by atomic mass is 16.3. The second-order valence-electron chi connectivity index (χ2n) is 4.27. The zero-order valence-corrected chi connectivity index (χ0v) is 9.89. The van der Waals surface area contributed by atoms with Gasteiger partial charge in [0.2, 0.25) is 0 Å². The second-order valence-corrected chi connectivity index (χ2v) is 4.27. The lowest BCUT2D eigenvalue weighted by molar-refractivity contribution is 0.184. The van der Waals surface area contributed by atoms with Crippen LogP contribution in [0.25, 0.3) is 0 Å². The smallest absolute Gasteiger partial charge is 0.149 e. The molecular weight excluding hydrogens is 210 g/mol. The molecule has 0 bridgehead atoms. The number of aliphatic imine (C=N–C) groups is 1. The van der Waals surface area contributed by atoms with E-state index in [2.05, 4.69) is 30.3 Å². The number of benzene rings is 1. The summed E-state index contributed by atoms with van der Waals surface area (Å²) < 4.78 is 0. The Balaban J connectivity index is 2.45. The van der Waals surface area contributed by atoms with Gasteiger partial charge in [-0.1, -0.05) is 18.2 Å². The Bertz CT molecular complexity index is 474. The molecule has 0 aliphatic carbocycles. The predicted molar refractivity (Wildman–Crippen MR) is 71.5 cm³/mol. The van der Waals surface area contributed by atoms with E-state index < -0.39 is 6.23 Å². The molecule has 1 unspecified atom stereocenters. The molecule has 0 spiro atoms. The molecule has 1 aromatic carbocycles. The van der Waals surface area contributed by atoms with Crippen LogP contribution in [-0.2, 0) is 19.3 Å². The van der Waals surface area contributed by atoms with Gasteiger partial charge in [0.1, 0.15) is 6.23 Å². The van der Waals surface area contributed by atoms with Crippen LogP contribution < -0.4 is 0 Å². The highest BCUT2D eigenvalue weighted by Crippen LogP contribution is 2.22. The molecule has 1 aliphatic rings. The zero-order valence-electron chi connectivity index (χ0n) is 9.89. The van der Waals surface area contributed by atoms with E-state index in [1.807, 2.05) is 12.2 Å². The Kier molecular flexibility index (Phi) is 3.55. The molecule has 0 aromatic heterocycles. The normalized spacial score (nSPS) is 17.6. The van der Waals surface area contributed by atoms with Gasteiger partial charge in [-0.15, -0.1) is 13.2 Å². The maximum atomic E-state index is 9.52. The molecule has 0 fully saturated rings. The van der Waals surface area contributed by atoms with Crippen molar-refractivity contribution in [3.05, 3.63) is 59.7 Å². The average Bonchev–Trinajstić information content (AvgIpc) is 2.31. The Hall–Kier alpha value is -1.67. The fraction of sp³-hybridized carbons (Fsp3) is 0.267. The van der Waals surface area contributed by atoms with Crippen LogP contribution in [0.3, 0.4) is 0 Å². The van der Waals surface area contributed by atoms with E-state index in [1.165, 1.54) is 11.1 Å². The molecular formula is C15H17NO. The molecule has 1 N–H and O–H groups in total. The van der Waals surface area contributed by atoms with Crippen LogP contribution in [-0.4, -0.2) is 17.5 Å². The van der Waals surface area contributed by atoms with E-state index in [-0.39, 0.29) is 0 Å². The fourth-order valence-electron chi connectivity index (χ4n) is 2.16. The number of aliphatic hydroxyl groups is 1. The van der Waals surface area contributed by atoms with Gasteiger partial charge in [0.15, 0.2) is 0 Å². The van der Waals surface area contributed by atoms with Crippen molar-refractivity contribution in [2.24, 2.45) is 4.99 Å². The number of hydrogen-bond donors (Lipinski definition) is 1. The number of hydrogen-bond acceptors (Lipinski definition) is 2. The van der Waals surface area contributed by atoms with Crippen molar-refractivity contribution in [3.63, 3.8) is 0 Å². The summed E-state index contributed by atoms with van der Waals surface area (Å²) in [7, 11) is 0. The molecule has 1 atom stereocenters. The van der Waals surface area contributed by atoms with Crippen LogP contribution in [0.1, 0.15) is 22.3 Å². The lowest BCUT2D eigenvalue weighted by atomic mass is 9.92. The number of rotatable bonds is 4. The lowest BCUT2D eigenvalue weighted by Gasteiger charge is -2.18. The van der Waals surface area contributed by atoms with Gasteiger partial charge in [-0.05, 0) is 41.2 Å². The number of nitrogens with zero attached hydrogens (tertiary/aromatic N) is 1. The first-order valence-corrected chi connectivity index (χ1v) is 5.82. The highest BCUT2D eigenvalue weighted by molar-refractivity contribution is 5.83. The van der Waals surface area contributed by atoms with Crippen LogP contribution in [0.5, 0.6) is 0 Å². The number of aliphatic hydroxyl groups excluding tert-OH is 1. The predicted octanol–water partition coefficient (Wildman–Crippen LogP) is 2.44. The second kappa shape index (κ2) is 5.11. The van der Waals surface area contributed by atoms with Crippen molar-refractivity contribution in [1.29, 1.82) is 0 Å². The molecule has 2 nitrogen and oxygen atoms in total. The Morgan fingerprint density at radius 2 is 1.88 bits per heavy atom. The van der Waals surface area contributed by atoms with Gasteiger partial charge in [-0.3, -0.25) is 4.99 Å². The molecule has 1 heterocycles. The fourth-order valence-corrected chi connectivity index (χ4v) is 2.16. The van der Waals surface area contributed by atoms with Crippen molar-refractivity contribution in [1.82, 2.24) is 0 Å². The van der Waals surface area contributed by atoms with Crippen LogP contribution in [0.4, 0.5) is 0 Å². The monoisotopic (exact) mass is 227 g/mol. The van der Waals surface area contributed by atoms with Gasteiger partial charge in [-0.25, -0.2) is 0 Å². The van der Waals surface area contributed by atoms with Gasteiger partial charge in [0, 0.05) is 12.6 Å². The summed E-state index contributed by atoms with van der Waals surface area (Å²) in [5, 5.41) is 9.52. The summed E-state index contributed by atoms with van der Waals surface area (Å²) in [4.78, 5) is 4.03. The third kappa shape index (κ3) is 2.53. The van der Waals surface area contributed by atoms with Gasteiger partial charge in [0.05, 0.1) is 0 Å². The zero-order chi connectivity index (χ0) is 12.3. The summed E-state index contributed by atoms with van der Waals surface area (Å²) in [6.07, 6.45) is 7.28. The maximum Gasteiger partial charge on any atom is 0.149 e. The van der Waals surface area contributed by atoms with Crippen LogP contribution in [0.2, 0.25) is 0 Å². The minimum Gasteiger partial charge on any atom is -0.371 e. The quantitative estimate of drug-likeness (QED) is 0.787. The Labute approximate surface area is 102 Å². The van der Waals surface area contributed by atoms with Crippen LogP contribution >= 0.6 is 0 Å². The molecule has 17 heavy (non-hydrogen) atoms. The minimum atomic E-state index is -0.593. The first kappa shape index (κ1) is 11.8. The largest absolute Gasteiger partial charge is 0.371 e. The van der Waals surface area contributed by atoms with Gasteiger partial charge in [-0.2, -0.15) is 0 Å². The van der Waals surface area contributed by atoms with E-state index in [0.29, 0.717) is 6.42 Å². The molecule has 0 amide bonds. The average molecular weight is 227 g/mol. The first-order valence-electron chi connectivity index (χ1n) is 5.82. The van der Waals surface area contributed by atoms with Crippen molar-refractivity contribution in [3.8, 4) is 0 Å². The molecule has 0 saturated heterocycles. The standard InChI is InChI=1S/C15H17NO/c1-3-5-11-7-13-9-15(17)16-10-14(13)8-12(11)6-4-2/h3-4,7-8,10,15,17H,1-2,5-6,9H2. The van der Waals surface area contributed by atoms with Gasteiger partial charge >= 0.3 is 0 Å². The molecule has 0 saturated carbocycles. The molecule has 1 aromatic rings. The van der Waals surface area contributed by atoms with Gasteiger partial charge in [0.25, 0.3) is 0 Å². The van der Waals surface area contributed by atoms with E-state index in [1.54, 1.807) is 6.21 Å². The number of fused-ring (bicyclic) bond motifs is 1. The van der Waals surface area contributed by atoms with Crippen LogP contribution in [0.15, 0.2) is 42.4 Å². The van der Waals surface area contributed by atoms with Crippen molar-refractivity contribution < 1.29 is 5.11 Å². The first-order chi connectivity index (χ1) is 8.24. The summed E-state index contributed by atoms with van der Waals surface area (Å²) >= 11 is 0. The summed E-state index contributed by atoms with van der Waals surface area (Å²) in [5.41, 5.74) is 4.81. The highest BCUT2D eigenvalue weighted by Gasteiger charge is 2.14.